The molecule has 2 N–H and O–H groups in total. The van der Waals surface area contributed by atoms with Crippen LogP contribution in [0.5, 0.6) is 11.5 Å². The molecule has 0 bridgehead atoms. The Bertz CT molecular complexity index is 557. The summed E-state index contributed by atoms with van der Waals surface area (Å²) in [5.74, 6) is 3.34. The molecule has 21 heavy (non-hydrogen) atoms. The molecule has 114 valence electrons. The summed E-state index contributed by atoms with van der Waals surface area (Å²) in [6.07, 6.45) is 0. The molecule has 1 aromatic carbocycles. The van der Waals surface area contributed by atoms with Crippen LogP contribution in [-0.4, -0.2) is 40.8 Å². The highest BCUT2D eigenvalue weighted by atomic mass is 32.2. The van der Waals surface area contributed by atoms with Crippen LogP contribution in [0.2, 0.25) is 0 Å². The van der Waals surface area contributed by atoms with Crippen LogP contribution in [0.25, 0.3) is 0 Å². The van der Waals surface area contributed by atoms with Crippen LogP contribution in [0.4, 0.5) is 0 Å². The number of hydrogen-bond acceptors (Lipinski definition) is 6. The van der Waals surface area contributed by atoms with Crippen molar-refractivity contribution in [3.05, 3.63) is 30.1 Å². The van der Waals surface area contributed by atoms with Crippen molar-refractivity contribution in [3.63, 3.8) is 0 Å². The fourth-order valence-corrected chi connectivity index (χ4v) is 2.65. The molecule has 0 aliphatic rings. The Morgan fingerprint density at radius 2 is 1.90 bits per heavy atom. The molecule has 1 heterocycles. The van der Waals surface area contributed by atoms with E-state index >= 15 is 0 Å². The number of nitrogens with zero attached hydrogens (tertiary/aromatic N) is 3. The molecule has 0 aliphatic carbocycles. The van der Waals surface area contributed by atoms with Crippen LogP contribution in [-0.2, 0) is 6.54 Å². The van der Waals surface area contributed by atoms with Crippen LogP contribution in [0.1, 0.15) is 5.82 Å². The van der Waals surface area contributed by atoms with Gasteiger partial charge in [-0.25, -0.2) is 0 Å². The van der Waals surface area contributed by atoms with Gasteiger partial charge in [-0.1, -0.05) is 11.8 Å². The van der Waals surface area contributed by atoms with Crippen LogP contribution < -0.4 is 15.2 Å². The molecule has 1 aromatic heterocycles. The van der Waals surface area contributed by atoms with E-state index in [0.717, 1.165) is 34.8 Å². The summed E-state index contributed by atoms with van der Waals surface area (Å²) in [6.45, 7) is 3.85. The number of nitrogens with two attached hydrogens (primary N) is 1. The van der Waals surface area contributed by atoms with Gasteiger partial charge in [-0.15, -0.1) is 10.2 Å². The summed E-state index contributed by atoms with van der Waals surface area (Å²) in [5, 5.41) is 9.11. The van der Waals surface area contributed by atoms with Crippen molar-refractivity contribution in [1.29, 1.82) is 0 Å². The van der Waals surface area contributed by atoms with Crippen molar-refractivity contribution in [2.24, 2.45) is 5.73 Å². The number of hydrogen-bond donors (Lipinski definition) is 1. The number of benzene rings is 1. The minimum atomic E-state index is 0.578. The van der Waals surface area contributed by atoms with E-state index < -0.39 is 0 Å². The van der Waals surface area contributed by atoms with Gasteiger partial charge in [0, 0.05) is 18.8 Å². The molecule has 0 aliphatic heterocycles. The maximum atomic E-state index is 5.68. The lowest BCUT2D eigenvalue weighted by molar-refractivity contribution is 0.342. The van der Waals surface area contributed by atoms with Gasteiger partial charge in [0.2, 0.25) is 0 Å². The summed E-state index contributed by atoms with van der Waals surface area (Å²) in [7, 11) is 1.64. The summed E-state index contributed by atoms with van der Waals surface area (Å²) >= 11 is 1.62. The highest BCUT2D eigenvalue weighted by Gasteiger charge is 2.08. The maximum Gasteiger partial charge on any atom is 0.191 e. The number of ether oxygens (including phenoxy) is 2. The maximum absolute atomic E-state index is 5.68. The van der Waals surface area contributed by atoms with E-state index in [0.29, 0.717) is 13.2 Å². The van der Waals surface area contributed by atoms with Gasteiger partial charge in [-0.3, -0.25) is 0 Å². The molecule has 0 saturated carbocycles. The highest BCUT2D eigenvalue weighted by Crippen LogP contribution is 2.19. The molecule has 0 saturated heterocycles. The Morgan fingerprint density at radius 1 is 1.19 bits per heavy atom. The highest BCUT2D eigenvalue weighted by molar-refractivity contribution is 7.99. The third-order valence-corrected chi connectivity index (χ3v) is 3.83. The minimum Gasteiger partial charge on any atom is -0.497 e. The van der Waals surface area contributed by atoms with Gasteiger partial charge >= 0.3 is 0 Å². The lowest BCUT2D eigenvalue weighted by Gasteiger charge is -2.08. The van der Waals surface area contributed by atoms with Gasteiger partial charge in [0.15, 0.2) is 5.16 Å². The van der Waals surface area contributed by atoms with Crippen molar-refractivity contribution < 1.29 is 9.47 Å². The Kier molecular flexibility index (Phi) is 5.89. The van der Waals surface area contributed by atoms with Crippen LogP contribution in [0.15, 0.2) is 29.4 Å². The monoisotopic (exact) mass is 308 g/mol. The fraction of sp³-hybridized carbons (Fsp3) is 0.429. The van der Waals surface area contributed by atoms with E-state index in [1.54, 1.807) is 18.9 Å². The van der Waals surface area contributed by atoms with E-state index in [4.69, 9.17) is 15.2 Å². The van der Waals surface area contributed by atoms with Crippen LogP contribution >= 0.6 is 11.8 Å². The summed E-state index contributed by atoms with van der Waals surface area (Å²) in [6, 6.07) is 7.54. The van der Waals surface area contributed by atoms with Gasteiger partial charge < -0.3 is 19.8 Å². The smallest absolute Gasteiger partial charge is 0.191 e. The number of aryl methyl sites for hydroxylation is 1. The molecule has 2 rings (SSSR count). The summed E-state index contributed by atoms with van der Waals surface area (Å²) < 4.78 is 12.8. The average Bonchev–Trinajstić information content (AvgIpc) is 2.86. The molecular formula is C14H20N4O2S. The normalized spacial score (nSPS) is 10.6. The molecule has 0 unspecified atom stereocenters. The molecular weight excluding hydrogens is 288 g/mol. The zero-order valence-corrected chi connectivity index (χ0v) is 13.1. The third-order valence-electron chi connectivity index (χ3n) is 2.90. The van der Waals surface area contributed by atoms with Crippen molar-refractivity contribution >= 4 is 11.8 Å². The summed E-state index contributed by atoms with van der Waals surface area (Å²) in [4.78, 5) is 0. The zero-order valence-electron chi connectivity index (χ0n) is 12.3. The van der Waals surface area contributed by atoms with Crippen molar-refractivity contribution in [2.45, 2.75) is 18.6 Å². The molecule has 0 radical (unpaired) electrons. The van der Waals surface area contributed by atoms with Crippen molar-refractivity contribution in [3.8, 4) is 11.5 Å². The third kappa shape index (κ3) is 4.37. The summed E-state index contributed by atoms with van der Waals surface area (Å²) in [5.41, 5.74) is 5.59. The predicted octanol–water partition coefficient (Wildman–Crippen LogP) is 1.72. The Labute approximate surface area is 128 Å². The Hall–Kier alpha value is -1.73. The van der Waals surface area contributed by atoms with Crippen molar-refractivity contribution in [1.82, 2.24) is 14.8 Å². The van der Waals surface area contributed by atoms with E-state index in [1.165, 1.54) is 0 Å². The largest absolute Gasteiger partial charge is 0.497 e. The second kappa shape index (κ2) is 7.90. The van der Waals surface area contributed by atoms with E-state index in [9.17, 15) is 0 Å². The van der Waals surface area contributed by atoms with Gasteiger partial charge in [0.25, 0.3) is 0 Å². The molecule has 6 nitrogen and oxygen atoms in total. The van der Waals surface area contributed by atoms with Gasteiger partial charge in [-0.2, -0.15) is 0 Å². The molecule has 7 heteroatoms. The van der Waals surface area contributed by atoms with Crippen molar-refractivity contribution in [2.75, 3.05) is 26.0 Å². The second-order valence-electron chi connectivity index (χ2n) is 4.34. The van der Waals surface area contributed by atoms with E-state index in [-0.39, 0.29) is 0 Å². The lowest BCUT2D eigenvalue weighted by Crippen LogP contribution is -2.12. The Balaban J connectivity index is 1.79. The van der Waals surface area contributed by atoms with Gasteiger partial charge in [0.1, 0.15) is 17.3 Å². The quantitative estimate of drug-likeness (QED) is 0.591. The average molecular weight is 308 g/mol. The van der Waals surface area contributed by atoms with Gasteiger partial charge in [-0.05, 0) is 31.2 Å². The minimum absolute atomic E-state index is 0.578. The first-order valence-corrected chi connectivity index (χ1v) is 7.72. The van der Waals surface area contributed by atoms with E-state index in [1.807, 2.05) is 35.8 Å². The number of methoxy groups -OCH3 is 1. The van der Waals surface area contributed by atoms with Crippen LogP contribution in [0.3, 0.4) is 0 Å². The molecule has 0 amide bonds. The number of thioether (sulfide) groups is 1. The predicted molar refractivity (Wildman–Crippen MR) is 83.0 cm³/mol. The first-order chi connectivity index (χ1) is 10.2. The first-order valence-electron chi connectivity index (χ1n) is 6.74. The standard InChI is InChI=1S/C14H20N4O2S/c1-11-16-17-14(18(11)8-7-15)21-10-9-20-13-5-3-12(19-2)4-6-13/h3-6H,7-10,15H2,1-2H3. The zero-order chi connectivity index (χ0) is 15.1. The molecule has 0 atom stereocenters. The SMILES string of the molecule is COc1ccc(OCCSc2nnc(C)n2CCN)cc1. The number of rotatable bonds is 8. The molecule has 0 spiro atoms. The van der Waals surface area contributed by atoms with Gasteiger partial charge in [0.05, 0.1) is 13.7 Å². The van der Waals surface area contributed by atoms with Crippen LogP contribution in [0, 0.1) is 6.92 Å². The van der Waals surface area contributed by atoms with E-state index in [2.05, 4.69) is 10.2 Å². The fourth-order valence-electron chi connectivity index (χ4n) is 1.82. The topological polar surface area (TPSA) is 75.2 Å². The first kappa shape index (κ1) is 15.7. The molecule has 2 aromatic rings. The number of aromatic nitrogens is 3. The lowest BCUT2D eigenvalue weighted by atomic mass is 10.3. The Morgan fingerprint density at radius 3 is 2.57 bits per heavy atom. The molecule has 0 fully saturated rings. The second-order valence-corrected chi connectivity index (χ2v) is 5.40.